The molecule has 1 aliphatic heterocycles. The van der Waals surface area contributed by atoms with Crippen molar-refractivity contribution >= 4 is 11.0 Å². The smallest absolute Gasteiger partial charge is 0.339 e. The van der Waals surface area contributed by atoms with Crippen molar-refractivity contribution in [2.24, 2.45) is 0 Å². The van der Waals surface area contributed by atoms with Crippen LogP contribution in [0.5, 0.6) is 5.75 Å². The lowest BCUT2D eigenvalue weighted by molar-refractivity contribution is -0.963. The van der Waals surface area contributed by atoms with Crippen LogP contribution in [0.4, 0.5) is 0 Å². The quantitative estimate of drug-likeness (QED) is 0.661. The minimum atomic E-state index is -0.255. The molecule has 0 spiro atoms. The van der Waals surface area contributed by atoms with Crippen molar-refractivity contribution in [2.45, 2.75) is 52.6 Å². The second-order valence-electron chi connectivity index (χ2n) is 8.27. The van der Waals surface area contributed by atoms with Gasteiger partial charge in [0.25, 0.3) is 0 Å². The van der Waals surface area contributed by atoms with E-state index >= 15 is 0 Å². The van der Waals surface area contributed by atoms with Gasteiger partial charge in [0.1, 0.15) is 23.9 Å². The second-order valence-corrected chi connectivity index (χ2v) is 8.27. The maximum atomic E-state index is 12.1. The van der Waals surface area contributed by atoms with Gasteiger partial charge in [0, 0.05) is 34.1 Å². The summed E-state index contributed by atoms with van der Waals surface area (Å²) < 4.78 is 11.9. The van der Waals surface area contributed by atoms with Gasteiger partial charge in [0.15, 0.2) is 0 Å². The summed E-state index contributed by atoms with van der Waals surface area (Å²) in [4.78, 5) is 13.6. The molecule has 0 saturated heterocycles. The molecule has 0 saturated carbocycles. The Morgan fingerprint density at radius 1 is 1.04 bits per heavy atom. The Morgan fingerprint density at radius 2 is 1.86 bits per heavy atom. The summed E-state index contributed by atoms with van der Waals surface area (Å²) in [7, 11) is 0. The molecule has 0 amide bonds. The topological polar surface area (TPSA) is 43.9 Å². The fourth-order valence-corrected chi connectivity index (χ4v) is 4.98. The SMILES string of the molecule is Cc1c(C)c2cc3c(c(C)c2oc1=O)OC[NH+]([C@@H]1CCCc2ccccc21)C3. The van der Waals surface area contributed by atoms with E-state index in [1.807, 2.05) is 20.8 Å². The largest absolute Gasteiger partial charge is 0.444 e. The van der Waals surface area contributed by atoms with Crippen LogP contribution in [0.2, 0.25) is 0 Å². The van der Waals surface area contributed by atoms with Crippen LogP contribution in [0.25, 0.3) is 11.0 Å². The summed E-state index contributed by atoms with van der Waals surface area (Å²) in [5.74, 6) is 0.895. The summed E-state index contributed by atoms with van der Waals surface area (Å²) in [5.41, 5.74) is 7.22. The molecular weight excluding hydrogens is 350 g/mol. The van der Waals surface area contributed by atoms with Gasteiger partial charge in [0.2, 0.25) is 6.73 Å². The van der Waals surface area contributed by atoms with Crippen LogP contribution in [0.1, 0.15) is 52.3 Å². The molecule has 1 aliphatic carbocycles. The molecule has 2 aliphatic rings. The van der Waals surface area contributed by atoms with Crippen molar-refractivity contribution in [2.75, 3.05) is 6.73 Å². The lowest BCUT2D eigenvalue weighted by atomic mass is 9.86. The summed E-state index contributed by atoms with van der Waals surface area (Å²) in [6.07, 6.45) is 3.61. The van der Waals surface area contributed by atoms with Gasteiger partial charge in [-0.05, 0) is 50.8 Å². The Balaban J connectivity index is 1.58. The molecular formula is C24H26NO3+. The van der Waals surface area contributed by atoms with E-state index in [2.05, 4.69) is 30.3 Å². The van der Waals surface area contributed by atoms with E-state index in [0.717, 1.165) is 28.8 Å². The summed E-state index contributed by atoms with van der Waals surface area (Å²) in [5, 5.41) is 1.03. The van der Waals surface area contributed by atoms with Crippen LogP contribution >= 0.6 is 0 Å². The van der Waals surface area contributed by atoms with Gasteiger partial charge in [-0.1, -0.05) is 24.3 Å². The molecule has 2 atom stereocenters. The van der Waals surface area contributed by atoms with E-state index in [-0.39, 0.29) is 5.63 Å². The van der Waals surface area contributed by atoms with Gasteiger partial charge >= 0.3 is 5.63 Å². The molecule has 0 radical (unpaired) electrons. The van der Waals surface area contributed by atoms with E-state index in [9.17, 15) is 4.79 Å². The molecule has 0 fully saturated rings. The van der Waals surface area contributed by atoms with E-state index in [1.54, 1.807) is 0 Å². The molecule has 144 valence electrons. The fraction of sp³-hybridized carbons (Fsp3) is 0.375. The Kier molecular flexibility index (Phi) is 4.06. The van der Waals surface area contributed by atoms with Gasteiger partial charge < -0.3 is 9.15 Å². The van der Waals surface area contributed by atoms with E-state index < -0.39 is 0 Å². The third-order valence-corrected chi connectivity index (χ3v) is 6.69. The molecule has 4 nitrogen and oxygen atoms in total. The van der Waals surface area contributed by atoms with Crippen LogP contribution in [0.3, 0.4) is 0 Å². The maximum Gasteiger partial charge on any atom is 0.339 e. The second kappa shape index (κ2) is 6.49. The molecule has 1 unspecified atom stereocenters. The van der Waals surface area contributed by atoms with Crippen LogP contribution in [-0.2, 0) is 13.0 Å². The molecule has 1 N–H and O–H groups in total. The number of hydrogen-bond donors (Lipinski definition) is 1. The molecule has 5 rings (SSSR count). The number of nitrogens with one attached hydrogen (secondary N) is 1. The van der Waals surface area contributed by atoms with Gasteiger partial charge in [-0.25, -0.2) is 4.79 Å². The predicted molar refractivity (Wildman–Crippen MR) is 109 cm³/mol. The van der Waals surface area contributed by atoms with Crippen molar-refractivity contribution in [1.82, 2.24) is 0 Å². The Labute approximate surface area is 164 Å². The van der Waals surface area contributed by atoms with Gasteiger partial charge in [-0.3, -0.25) is 4.90 Å². The third kappa shape index (κ3) is 2.59. The fourth-order valence-electron chi connectivity index (χ4n) is 4.98. The first-order valence-corrected chi connectivity index (χ1v) is 10.2. The normalized spacial score (nSPS) is 21.1. The third-order valence-electron chi connectivity index (χ3n) is 6.69. The molecule has 0 bridgehead atoms. The number of ether oxygens (including phenoxy) is 1. The zero-order valence-corrected chi connectivity index (χ0v) is 16.7. The van der Waals surface area contributed by atoms with Gasteiger partial charge in [0.05, 0.1) is 0 Å². The van der Waals surface area contributed by atoms with Crippen molar-refractivity contribution in [1.29, 1.82) is 0 Å². The Bertz CT molecular complexity index is 1140. The van der Waals surface area contributed by atoms with Crippen molar-refractivity contribution < 1.29 is 14.1 Å². The number of quaternary nitrogens is 1. The molecule has 28 heavy (non-hydrogen) atoms. The highest BCUT2D eigenvalue weighted by Gasteiger charge is 2.33. The Hall–Kier alpha value is -2.59. The summed E-state index contributed by atoms with van der Waals surface area (Å²) in [6.45, 7) is 7.42. The highest BCUT2D eigenvalue weighted by Crippen LogP contribution is 2.35. The van der Waals surface area contributed by atoms with Crippen molar-refractivity contribution in [3.8, 4) is 5.75 Å². The average molecular weight is 376 g/mol. The maximum absolute atomic E-state index is 12.1. The molecule has 2 aromatic carbocycles. The van der Waals surface area contributed by atoms with Crippen LogP contribution in [-0.4, -0.2) is 6.73 Å². The minimum absolute atomic E-state index is 0.255. The first-order valence-electron chi connectivity index (χ1n) is 10.2. The first-order chi connectivity index (χ1) is 13.5. The van der Waals surface area contributed by atoms with Gasteiger partial charge in [-0.15, -0.1) is 0 Å². The molecule has 3 aromatic rings. The van der Waals surface area contributed by atoms with Crippen LogP contribution in [0, 0.1) is 20.8 Å². The van der Waals surface area contributed by atoms with Crippen LogP contribution in [0.15, 0.2) is 39.5 Å². The number of rotatable bonds is 1. The lowest BCUT2D eigenvalue weighted by Gasteiger charge is -2.36. The summed E-state index contributed by atoms with van der Waals surface area (Å²) in [6, 6.07) is 11.5. The number of hydrogen-bond acceptors (Lipinski definition) is 3. The predicted octanol–water partition coefficient (Wildman–Crippen LogP) is 3.53. The highest BCUT2D eigenvalue weighted by atomic mass is 16.5. The number of aryl methyl sites for hydroxylation is 3. The Morgan fingerprint density at radius 3 is 2.71 bits per heavy atom. The monoisotopic (exact) mass is 376 g/mol. The minimum Gasteiger partial charge on any atom is -0.444 e. The average Bonchev–Trinajstić information content (AvgIpc) is 2.72. The number of fused-ring (bicyclic) bond motifs is 3. The molecule has 1 aromatic heterocycles. The summed E-state index contributed by atoms with van der Waals surface area (Å²) >= 11 is 0. The highest BCUT2D eigenvalue weighted by molar-refractivity contribution is 5.86. The van der Waals surface area contributed by atoms with Crippen LogP contribution < -0.4 is 15.3 Å². The van der Waals surface area contributed by atoms with E-state index in [4.69, 9.17) is 9.15 Å². The first kappa shape index (κ1) is 17.5. The zero-order valence-electron chi connectivity index (χ0n) is 16.7. The standard InChI is InChI=1S/C24H25NO3/c1-14-15(2)24(26)28-23-16(3)22-18(11-20(14)23)12-25(13-27-22)21-10-6-8-17-7-4-5-9-19(17)21/h4-5,7,9,11,21H,6,8,10,12-13H2,1-3H3/p+1/t21-/m1/s1. The zero-order chi connectivity index (χ0) is 19.4. The lowest BCUT2D eigenvalue weighted by Crippen LogP contribution is -3.12. The number of benzene rings is 2. The molecule has 2 heterocycles. The van der Waals surface area contributed by atoms with E-state index in [1.165, 1.54) is 40.9 Å². The van der Waals surface area contributed by atoms with Gasteiger partial charge in [-0.2, -0.15) is 0 Å². The molecule has 4 heteroatoms. The van der Waals surface area contributed by atoms with Crippen molar-refractivity contribution in [3.05, 3.63) is 74.1 Å². The van der Waals surface area contributed by atoms with E-state index in [0.29, 0.717) is 23.9 Å². The van der Waals surface area contributed by atoms with Crippen molar-refractivity contribution in [3.63, 3.8) is 0 Å².